The van der Waals surface area contributed by atoms with Crippen LogP contribution in [0, 0.1) is 10.1 Å². The first-order valence-corrected chi connectivity index (χ1v) is 13.0. The number of fused-ring (bicyclic) bond motifs is 1. The molecule has 0 heterocycles. The molecule has 0 bridgehead atoms. The van der Waals surface area contributed by atoms with Gasteiger partial charge >= 0.3 is 0 Å². The molecule has 1 unspecified atom stereocenters. The number of hydrogen-bond donors (Lipinski definition) is 1. The van der Waals surface area contributed by atoms with Crippen LogP contribution in [0.5, 0.6) is 5.75 Å². The fourth-order valence-corrected chi connectivity index (χ4v) is 4.58. The Morgan fingerprint density at radius 1 is 0.947 bits per heavy atom. The third-order valence-electron chi connectivity index (χ3n) is 6.30. The summed E-state index contributed by atoms with van der Waals surface area (Å²) in [4.78, 5) is 23.7. The van der Waals surface area contributed by atoms with Crippen molar-refractivity contribution in [3.05, 3.63) is 112 Å². The van der Waals surface area contributed by atoms with Gasteiger partial charge in [-0.3, -0.25) is 14.9 Å². The SMILES string of the molecule is COc1ccc2cc(CCC(=O)CC(Nc3ccc(C(Cl)(Cl)Cl)cc3)c3ccc([N+](=O)[O-])cc3)ccc2c1. The minimum Gasteiger partial charge on any atom is -0.497 e. The summed E-state index contributed by atoms with van der Waals surface area (Å²) in [5, 5.41) is 16.6. The van der Waals surface area contributed by atoms with Crippen LogP contribution in [-0.4, -0.2) is 17.8 Å². The van der Waals surface area contributed by atoms with Crippen LogP contribution in [-0.2, 0) is 15.0 Å². The molecule has 38 heavy (non-hydrogen) atoms. The number of methoxy groups -OCH3 is 1. The lowest BCUT2D eigenvalue weighted by Gasteiger charge is -2.21. The summed E-state index contributed by atoms with van der Waals surface area (Å²) < 4.78 is 3.74. The molecule has 4 rings (SSSR count). The van der Waals surface area contributed by atoms with Crippen molar-refractivity contribution in [3.63, 3.8) is 0 Å². The highest BCUT2D eigenvalue weighted by Crippen LogP contribution is 2.38. The molecule has 0 aliphatic rings. The van der Waals surface area contributed by atoms with E-state index in [1.807, 2.05) is 30.3 Å². The minimum absolute atomic E-state index is 0.0141. The van der Waals surface area contributed by atoms with Crippen molar-refractivity contribution < 1.29 is 14.5 Å². The first-order chi connectivity index (χ1) is 18.1. The van der Waals surface area contributed by atoms with Crippen molar-refractivity contribution in [1.82, 2.24) is 0 Å². The van der Waals surface area contributed by atoms with Crippen LogP contribution in [0.1, 0.15) is 35.6 Å². The quantitative estimate of drug-likeness (QED) is 0.118. The number of nitrogens with zero attached hydrogens (tertiary/aromatic N) is 1. The number of aryl methyl sites for hydroxylation is 1. The summed E-state index contributed by atoms with van der Waals surface area (Å²) in [6.45, 7) is 0. The molecule has 0 aliphatic heterocycles. The summed E-state index contributed by atoms with van der Waals surface area (Å²) in [6.07, 6.45) is 1.17. The van der Waals surface area contributed by atoms with Gasteiger partial charge in [0.05, 0.1) is 18.1 Å². The van der Waals surface area contributed by atoms with Gasteiger partial charge in [-0.15, -0.1) is 0 Å². The molecule has 1 N–H and O–H groups in total. The molecular weight excluding hydrogens is 547 g/mol. The Morgan fingerprint density at radius 2 is 1.61 bits per heavy atom. The zero-order chi connectivity index (χ0) is 27.3. The van der Waals surface area contributed by atoms with E-state index in [-0.39, 0.29) is 17.9 Å². The maximum atomic E-state index is 13.1. The molecule has 9 heteroatoms. The van der Waals surface area contributed by atoms with Gasteiger partial charge in [0.15, 0.2) is 0 Å². The Bertz CT molecular complexity index is 1440. The van der Waals surface area contributed by atoms with Gasteiger partial charge in [-0.2, -0.15) is 0 Å². The number of ketones is 1. The summed E-state index contributed by atoms with van der Waals surface area (Å²) in [6, 6.07) is 24.7. The van der Waals surface area contributed by atoms with Crippen LogP contribution in [0.2, 0.25) is 0 Å². The maximum Gasteiger partial charge on any atom is 0.269 e. The highest BCUT2D eigenvalue weighted by molar-refractivity contribution is 6.66. The third-order valence-corrected chi connectivity index (χ3v) is 6.95. The normalized spacial score (nSPS) is 12.2. The number of Topliss-reactive ketones (excluding diaryl/α,β-unsaturated/α-hetero) is 1. The highest BCUT2D eigenvalue weighted by atomic mass is 35.6. The summed E-state index contributed by atoms with van der Waals surface area (Å²) in [5.74, 6) is 0.862. The lowest BCUT2D eigenvalue weighted by Crippen LogP contribution is -2.16. The number of nitrogens with one attached hydrogen (secondary N) is 1. The van der Waals surface area contributed by atoms with Crippen molar-refractivity contribution in [2.45, 2.75) is 29.1 Å². The number of hydrogen-bond acceptors (Lipinski definition) is 5. The molecule has 0 saturated carbocycles. The van der Waals surface area contributed by atoms with Crippen molar-refractivity contribution in [1.29, 1.82) is 0 Å². The highest BCUT2D eigenvalue weighted by Gasteiger charge is 2.23. The molecule has 0 fully saturated rings. The summed E-state index contributed by atoms with van der Waals surface area (Å²) >= 11 is 17.9. The number of ether oxygens (including phenoxy) is 1. The molecule has 196 valence electrons. The Morgan fingerprint density at radius 3 is 2.24 bits per heavy atom. The molecule has 4 aromatic rings. The average Bonchev–Trinajstić information content (AvgIpc) is 2.91. The van der Waals surface area contributed by atoms with Gasteiger partial charge in [0.1, 0.15) is 11.5 Å². The smallest absolute Gasteiger partial charge is 0.269 e. The number of benzene rings is 4. The number of nitro groups is 1. The molecular formula is C29H25Cl3N2O4. The monoisotopic (exact) mass is 570 g/mol. The number of anilines is 1. The van der Waals surface area contributed by atoms with E-state index in [2.05, 4.69) is 11.4 Å². The summed E-state index contributed by atoms with van der Waals surface area (Å²) in [5.41, 5.74) is 3.06. The zero-order valence-electron chi connectivity index (χ0n) is 20.5. The van der Waals surface area contributed by atoms with E-state index in [9.17, 15) is 14.9 Å². The van der Waals surface area contributed by atoms with E-state index in [4.69, 9.17) is 39.5 Å². The summed E-state index contributed by atoms with van der Waals surface area (Å²) in [7, 11) is 1.64. The average molecular weight is 572 g/mol. The van der Waals surface area contributed by atoms with E-state index in [0.29, 0.717) is 18.4 Å². The minimum atomic E-state index is -1.54. The molecule has 0 spiro atoms. The van der Waals surface area contributed by atoms with Crippen LogP contribution < -0.4 is 10.1 Å². The van der Waals surface area contributed by atoms with E-state index in [1.165, 1.54) is 12.1 Å². The second-order valence-electron chi connectivity index (χ2n) is 8.91. The first-order valence-electron chi connectivity index (χ1n) is 11.9. The topological polar surface area (TPSA) is 81.5 Å². The van der Waals surface area contributed by atoms with Gasteiger partial charge < -0.3 is 10.1 Å². The molecule has 0 aromatic heterocycles. The predicted octanol–water partition coefficient (Wildman–Crippen LogP) is 8.33. The van der Waals surface area contributed by atoms with Crippen molar-refractivity contribution in [3.8, 4) is 5.75 Å². The second-order valence-corrected chi connectivity index (χ2v) is 11.2. The number of alkyl halides is 3. The van der Waals surface area contributed by atoms with Crippen LogP contribution >= 0.6 is 34.8 Å². The van der Waals surface area contributed by atoms with Crippen LogP contribution in [0.15, 0.2) is 84.9 Å². The van der Waals surface area contributed by atoms with Crippen molar-refractivity contribution >= 4 is 62.7 Å². The van der Waals surface area contributed by atoms with Gasteiger partial charge in [0, 0.05) is 36.2 Å². The molecule has 0 radical (unpaired) electrons. The zero-order valence-corrected chi connectivity index (χ0v) is 22.8. The number of nitro benzene ring substituents is 1. The van der Waals surface area contributed by atoms with Crippen LogP contribution in [0.4, 0.5) is 11.4 Å². The Balaban J connectivity index is 1.48. The number of rotatable bonds is 10. The van der Waals surface area contributed by atoms with Gasteiger partial charge in [-0.25, -0.2) is 0 Å². The molecule has 0 aliphatic carbocycles. The fraction of sp³-hybridized carbons (Fsp3) is 0.207. The standard InChI is InChI=1S/C29H25Cl3N2O4/c1-38-27-15-7-21-16-19(2-4-22(21)17-27)3-14-26(35)18-28(20-5-12-25(13-6-20)34(36)37)33-24-10-8-23(9-11-24)29(30,31)32/h2,4-13,15-17,28,33H,3,14,18H2,1H3. The van der Waals surface area contributed by atoms with Crippen molar-refractivity contribution in [2.24, 2.45) is 0 Å². The molecule has 0 amide bonds. The molecule has 1 atom stereocenters. The third kappa shape index (κ3) is 7.16. The lowest BCUT2D eigenvalue weighted by atomic mass is 9.96. The van der Waals surface area contributed by atoms with Crippen molar-refractivity contribution in [2.75, 3.05) is 12.4 Å². The van der Waals surface area contributed by atoms with E-state index in [0.717, 1.165) is 33.3 Å². The van der Waals surface area contributed by atoms with E-state index in [1.54, 1.807) is 43.5 Å². The number of halogens is 3. The fourth-order valence-electron chi connectivity index (χ4n) is 4.21. The number of carbonyl (C=O) groups is 1. The van der Waals surface area contributed by atoms with Crippen LogP contribution in [0.3, 0.4) is 0 Å². The van der Waals surface area contributed by atoms with E-state index >= 15 is 0 Å². The molecule has 6 nitrogen and oxygen atoms in total. The number of carbonyl (C=O) groups excluding carboxylic acids is 1. The predicted molar refractivity (Wildman–Crippen MR) is 154 cm³/mol. The molecule has 0 saturated heterocycles. The van der Waals surface area contributed by atoms with Gasteiger partial charge in [-0.1, -0.05) is 83.3 Å². The van der Waals surface area contributed by atoms with E-state index < -0.39 is 14.8 Å². The Kier molecular flexibility index (Phi) is 8.77. The Hall–Kier alpha value is -3.32. The van der Waals surface area contributed by atoms with Gasteiger partial charge in [0.2, 0.25) is 3.79 Å². The second kappa shape index (κ2) is 12.0. The molecule has 4 aromatic carbocycles. The van der Waals surface area contributed by atoms with Crippen LogP contribution in [0.25, 0.3) is 10.8 Å². The number of non-ortho nitro benzene ring substituents is 1. The lowest BCUT2D eigenvalue weighted by molar-refractivity contribution is -0.384. The van der Waals surface area contributed by atoms with Gasteiger partial charge in [-0.05, 0) is 52.6 Å². The Labute approximate surface area is 235 Å². The maximum absolute atomic E-state index is 13.1. The largest absolute Gasteiger partial charge is 0.497 e. The first kappa shape index (κ1) is 27.7. The van der Waals surface area contributed by atoms with Gasteiger partial charge in [0.25, 0.3) is 5.69 Å².